The molecule has 0 saturated carbocycles. The second kappa shape index (κ2) is 7.77. The van der Waals surface area contributed by atoms with Crippen molar-refractivity contribution in [3.05, 3.63) is 83.3 Å². The smallest absolute Gasteiger partial charge is 0.271 e. The van der Waals surface area contributed by atoms with Crippen LogP contribution in [0.1, 0.15) is 16.1 Å². The van der Waals surface area contributed by atoms with Gasteiger partial charge in [0.05, 0.1) is 12.4 Å². The van der Waals surface area contributed by atoms with E-state index in [4.69, 9.17) is 11.6 Å². The molecule has 3 rings (SSSR count). The van der Waals surface area contributed by atoms with Crippen LogP contribution >= 0.6 is 11.6 Å². The van der Waals surface area contributed by atoms with Crippen molar-refractivity contribution in [2.45, 2.75) is 6.54 Å². The Kier molecular flexibility index (Phi) is 5.26. The third-order valence-electron chi connectivity index (χ3n) is 3.72. The molecule has 1 heterocycles. The summed E-state index contributed by atoms with van der Waals surface area (Å²) in [4.78, 5) is 22.6. The molecule has 0 bridgehead atoms. The molecule has 3 aromatic rings. The number of carbonyl (C=O) groups is 1. The predicted octanol–water partition coefficient (Wildman–Crippen LogP) is 3.83. The average Bonchev–Trinajstić information content (AvgIpc) is 2.67. The van der Waals surface area contributed by atoms with Crippen molar-refractivity contribution in [3.63, 3.8) is 0 Å². The lowest BCUT2D eigenvalue weighted by atomic mass is 10.2. The summed E-state index contributed by atoms with van der Waals surface area (Å²) in [5.41, 5.74) is 2.24. The van der Waals surface area contributed by atoms with Crippen LogP contribution in [-0.4, -0.2) is 22.9 Å². The van der Waals surface area contributed by atoms with Gasteiger partial charge in [-0.25, -0.2) is 9.97 Å². The molecule has 0 spiro atoms. The van der Waals surface area contributed by atoms with Crippen molar-refractivity contribution in [1.82, 2.24) is 15.3 Å². The van der Waals surface area contributed by atoms with Crippen molar-refractivity contribution in [1.29, 1.82) is 0 Å². The number of halogens is 1. The summed E-state index contributed by atoms with van der Waals surface area (Å²) >= 11 is 5.85. The first-order valence-electron chi connectivity index (χ1n) is 7.77. The molecule has 2 aromatic carbocycles. The highest BCUT2D eigenvalue weighted by atomic mass is 35.5. The number of aromatic nitrogens is 2. The number of benzene rings is 2. The van der Waals surface area contributed by atoms with Crippen molar-refractivity contribution in [3.8, 4) is 0 Å². The van der Waals surface area contributed by atoms with Gasteiger partial charge in [-0.05, 0) is 29.8 Å². The highest BCUT2D eigenvalue weighted by Gasteiger charge is 2.10. The standard InChI is InChI=1S/C19H17ClN4O/c1-24(16-5-3-2-4-6-16)18-13-21-17(12-22-18)19(25)23-11-14-7-9-15(20)10-8-14/h2-10,12-13H,11H2,1H3,(H,23,25). The van der Waals surface area contributed by atoms with Crippen molar-refractivity contribution >= 4 is 29.0 Å². The normalized spacial score (nSPS) is 10.3. The Hall–Kier alpha value is -2.92. The number of hydrogen-bond donors (Lipinski definition) is 1. The van der Waals surface area contributed by atoms with Gasteiger partial charge in [0.2, 0.25) is 0 Å². The van der Waals surface area contributed by atoms with Gasteiger partial charge in [-0.15, -0.1) is 0 Å². The molecule has 1 aromatic heterocycles. The van der Waals surface area contributed by atoms with Crippen molar-refractivity contribution in [2.75, 3.05) is 11.9 Å². The van der Waals surface area contributed by atoms with Crippen LogP contribution in [0.5, 0.6) is 0 Å². The first-order chi connectivity index (χ1) is 12.1. The monoisotopic (exact) mass is 352 g/mol. The summed E-state index contributed by atoms with van der Waals surface area (Å²) < 4.78 is 0. The van der Waals surface area contributed by atoms with Crippen molar-refractivity contribution < 1.29 is 4.79 Å². The largest absolute Gasteiger partial charge is 0.347 e. The van der Waals surface area contributed by atoms with Gasteiger partial charge >= 0.3 is 0 Å². The fraction of sp³-hybridized carbons (Fsp3) is 0.105. The molecule has 0 aliphatic carbocycles. The number of amides is 1. The van der Waals surface area contributed by atoms with Gasteiger partial charge < -0.3 is 10.2 Å². The molecule has 0 radical (unpaired) electrons. The lowest BCUT2D eigenvalue weighted by Gasteiger charge is -2.17. The Bertz CT molecular complexity index is 836. The van der Waals surface area contributed by atoms with Gasteiger partial charge in [0, 0.05) is 24.3 Å². The zero-order valence-electron chi connectivity index (χ0n) is 13.7. The molecule has 0 unspecified atom stereocenters. The predicted molar refractivity (Wildman–Crippen MR) is 99.2 cm³/mol. The molecule has 0 fully saturated rings. The van der Waals surface area contributed by atoms with E-state index >= 15 is 0 Å². The third-order valence-corrected chi connectivity index (χ3v) is 3.98. The van der Waals surface area contributed by atoms with Crippen molar-refractivity contribution in [2.24, 2.45) is 0 Å². The summed E-state index contributed by atoms with van der Waals surface area (Å²) in [7, 11) is 1.90. The Labute approximate surface area is 151 Å². The fourth-order valence-corrected chi connectivity index (χ4v) is 2.40. The molecule has 25 heavy (non-hydrogen) atoms. The Morgan fingerprint density at radius 1 is 1.04 bits per heavy atom. The SMILES string of the molecule is CN(c1ccccc1)c1cnc(C(=O)NCc2ccc(Cl)cc2)cn1. The molecule has 0 saturated heterocycles. The number of para-hydroxylation sites is 1. The number of carbonyl (C=O) groups excluding carboxylic acids is 1. The van der Waals surface area contributed by atoms with E-state index in [-0.39, 0.29) is 11.6 Å². The third kappa shape index (κ3) is 4.33. The van der Waals surface area contributed by atoms with Crippen LogP contribution in [0.15, 0.2) is 67.0 Å². The quantitative estimate of drug-likeness (QED) is 0.758. The Morgan fingerprint density at radius 2 is 1.76 bits per heavy atom. The van der Waals surface area contributed by atoms with E-state index in [2.05, 4.69) is 15.3 Å². The molecule has 0 aliphatic rings. The molecule has 126 valence electrons. The second-order valence-electron chi connectivity index (χ2n) is 5.46. The summed E-state index contributed by atoms with van der Waals surface area (Å²) in [6.45, 7) is 0.406. The zero-order chi connectivity index (χ0) is 17.6. The van der Waals surface area contributed by atoms with Crippen LogP contribution in [0.4, 0.5) is 11.5 Å². The van der Waals surface area contributed by atoms with Crippen LogP contribution in [0.2, 0.25) is 5.02 Å². The lowest BCUT2D eigenvalue weighted by Crippen LogP contribution is -2.24. The second-order valence-corrected chi connectivity index (χ2v) is 5.90. The minimum Gasteiger partial charge on any atom is -0.347 e. The molecule has 6 heteroatoms. The molecular formula is C19H17ClN4O. The van der Waals surface area contributed by atoms with E-state index in [1.807, 2.05) is 54.4 Å². The number of nitrogens with one attached hydrogen (secondary N) is 1. The highest BCUT2D eigenvalue weighted by Crippen LogP contribution is 2.19. The maximum absolute atomic E-state index is 12.2. The summed E-state index contributed by atoms with van der Waals surface area (Å²) in [6, 6.07) is 17.1. The van der Waals surface area contributed by atoms with E-state index in [1.54, 1.807) is 18.3 Å². The number of hydrogen-bond acceptors (Lipinski definition) is 4. The minimum absolute atomic E-state index is 0.267. The summed E-state index contributed by atoms with van der Waals surface area (Å²) in [5.74, 6) is 0.400. The molecule has 0 aliphatic heterocycles. The summed E-state index contributed by atoms with van der Waals surface area (Å²) in [6.07, 6.45) is 3.07. The van der Waals surface area contributed by atoms with Crippen LogP contribution in [-0.2, 0) is 6.54 Å². The summed E-state index contributed by atoms with van der Waals surface area (Å²) in [5, 5.41) is 3.48. The van der Waals surface area contributed by atoms with Gasteiger partial charge in [-0.1, -0.05) is 41.9 Å². The molecule has 0 atom stereocenters. The van der Waals surface area contributed by atoms with Gasteiger partial charge in [-0.3, -0.25) is 4.79 Å². The first-order valence-corrected chi connectivity index (χ1v) is 8.15. The average molecular weight is 353 g/mol. The maximum atomic E-state index is 12.2. The van der Waals surface area contributed by atoms with E-state index in [0.717, 1.165) is 11.3 Å². The van der Waals surface area contributed by atoms with E-state index in [9.17, 15) is 4.79 Å². The van der Waals surface area contributed by atoms with Gasteiger partial charge in [-0.2, -0.15) is 0 Å². The minimum atomic E-state index is -0.267. The number of anilines is 2. The number of nitrogens with zero attached hydrogens (tertiary/aromatic N) is 3. The van der Waals surface area contributed by atoms with Gasteiger partial charge in [0.25, 0.3) is 5.91 Å². The Balaban J connectivity index is 1.63. The highest BCUT2D eigenvalue weighted by molar-refractivity contribution is 6.30. The van der Waals surface area contributed by atoms with Gasteiger partial charge in [0.15, 0.2) is 5.82 Å². The van der Waals surface area contributed by atoms with E-state index < -0.39 is 0 Å². The van der Waals surface area contributed by atoms with E-state index in [0.29, 0.717) is 17.4 Å². The van der Waals surface area contributed by atoms with Gasteiger partial charge in [0.1, 0.15) is 5.69 Å². The first kappa shape index (κ1) is 16.9. The maximum Gasteiger partial charge on any atom is 0.271 e. The van der Waals surface area contributed by atoms with Crippen LogP contribution in [0, 0.1) is 0 Å². The molecular weight excluding hydrogens is 336 g/mol. The number of rotatable bonds is 5. The zero-order valence-corrected chi connectivity index (χ0v) is 14.4. The lowest BCUT2D eigenvalue weighted by molar-refractivity contribution is 0.0945. The molecule has 1 amide bonds. The topological polar surface area (TPSA) is 58.1 Å². The fourth-order valence-electron chi connectivity index (χ4n) is 2.27. The van der Waals surface area contributed by atoms with Crippen LogP contribution in [0.3, 0.4) is 0 Å². The van der Waals surface area contributed by atoms with Crippen LogP contribution < -0.4 is 10.2 Å². The molecule has 5 nitrogen and oxygen atoms in total. The van der Waals surface area contributed by atoms with E-state index in [1.165, 1.54) is 6.20 Å². The molecule has 1 N–H and O–H groups in total. The Morgan fingerprint density at radius 3 is 2.40 bits per heavy atom. The van der Waals surface area contributed by atoms with Crippen LogP contribution in [0.25, 0.3) is 0 Å².